The molecule has 0 spiro atoms. The minimum atomic E-state index is 0.171. The number of carbonyl (C=O) groups is 1. The molecule has 0 bridgehead atoms. The Hall–Kier alpha value is -2.64. The van der Waals surface area contributed by atoms with Crippen molar-refractivity contribution >= 4 is 17.7 Å². The van der Waals surface area contributed by atoms with Gasteiger partial charge in [-0.1, -0.05) is 54.2 Å². The molecule has 1 aliphatic heterocycles. The number of carbonyl (C=O) groups excluding carboxylic acids is 1. The van der Waals surface area contributed by atoms with Crippen molar-refractivity contribution in [2.45, 2.75) is 38.9 Å². The highest BCUT2D eigenvalue weighted by molar-refractivity contribution is 7.99. The lowest BCUT2D eigenvalue weighted by Gasteiger charge is -2.22. The summed E-state index contributed by atoms with van der Waals surface area (Å²) < 4.78 is 2.06. The summed E-state index contributed by atoms with van der Waals surface area (Å²) in [6.07, 6.45) is 1.00. The Morgan fingerprint density at radius 2 is 1.78 bits per heavy atom. The molecule has 1 fully saturated rings. The normalized spacial score (nSPS) is 15.0. The summed E-state index contributed by atoms with van der Waals surface area (Å²) in [5.74, 6) is 1.38. The van der Waals surface area contributed by atoms with Crippen molar-refractivity contribution in [2.24, 2.45) is 0 Å². The molecule has 168 valence electrons. The molecule has 7 heteroatoms. The molecule has 0 unspecified atom stereocenters. The van der Waals surface area contributed by atoms with E-state index in [4.69, 9.17) is 0 Å². The summed E-state index contributed by atoms with van der Waals surface area (Å²) in [7, 11) is 0. The summed E-state index contributed by atoms with van der Waals surface area (Å²) in [4.78, 5) is 17.4. The first-order chi connectivity index (χ1) is 15.5. The predicted octanol–water partition coefficient (Wildman–Crippen LogP) is 4.02. The maximum Gasteiger partial charge on any atom is 0.233 e. The van der Waals surface area contributed by atoms with E-state index < -0.39 is 0 Å². The third-order valence-electron chi connectivity index (χ3n) is 5.92. The van der Waals surface area contributed by atoms with Crippen molar-refractivity contribution in [3.63, 3.8) is 0 Å². The number of aromatic nitrogens is 3. The van der Waals surface area contributed by atoms with Crippen LogP contribution in [0.15, 0.2) is 53.7 Å². The first-order valence-corrected chi connectivity index (χ1v) is 12.2. The zero-order chi connectivity index (χ0) is 22.5. The van der Waals surface area contributed by atoms with Gasteiger partial charge in [0.25, 0.3) is 0 Å². The lowest BCUT2D eigenvalue weighted by atomic mass is 10.1. The van der Waals surface area contributed by atoms with E-state index in [0.717, 1.165) is 61.4 Å². The highest BCUT2D eigenvalue weighted by Crippen LogP contribution is 2.25. The Morgan fingerprint density at radius 3 is 2.59 bits per heavy atom. The fourth-order valence-corrected chi connectivity index (χ4v) is 5.00. The van der Waals surface area contributed by atoms with Gasteiger partial charge < -0.3 is 4.90 Å². The Kier molecular flexibility index (Phi) is 7.27. The molecule has 1 aliphatic rings. The summed E-state index contributed by atoms with van der Waals surface area (Å²) >= 11 is 1.47. The minimum Gasteiger partial charge on any atom is -0.341 e. The van der Waals surface area contributed by atoms with Crippen LogP contribution in [-0.2, 0) is 11.3 Å². The fourth-order valence-electron chi connectivity index (χ4n) is 4.11. The van der Waals surface area contributed by atoms with Crippen LogP contribution in [0.1, 0.15) is 28.9 Å². The van der Waals surface area contributed by atoms with Gasteiger partial charge in [0.2, 0.25) is 5.91 Å². The zero-order valence-corrected chi connectivity index (χ0v) is 19.9. The van der Waals surface area contributed by atoms with Crippen molar-refractivity contribution in [1.82, 2.24) is 24.6 Å². The van der Waals surface area contributed by atoms with Crippen molar-refractivity contribution < 1.29 is 4.79 Å². The SMILES string of the molecule is Cc1ccc(C)c(-n2c(C)nnc2SCC(=O)N2CCCN(Cc3ccccc3)CC2)c1. The average molecular weight is 450 g/mol. The van der Waals surface area contributed by atoms with E-state index in [1.54, 1.807) is 0 Å². The van der Waals surface area contributed by atoms with Gasteiger partial charge in [-0.05, 0) is 49.9 Å². The number of nitrogens with zero attached hydrogens (tertiary/aromatic N) is 5. The summed E-state index contributed by atoms with van der Waals surface area (Å²) in [5.41, 5.74) is 4.76. The topological polar surface area (TPSA) is 54.3 Å². The van der Waals surface area contributed by atoms with E-state index >= 15 is 0 Å². The van der Waals surface area contributed by atoms with E-state index in [2.05, 4.69) is 76.0 Å². The van der Waals surface area contributed by atoms with Gasteiger partial charge in [-0.25, -0.2) is 0 Å². The number of thioether (sulfide) groups is 1. The quantitative estimate of drug-likeness (QED) is 0.532. The van der Waals surface area contributed by atoms with Crippen LogP contribution in [0.5, 0.6) is 0 Å². The van der Waals surface area contributed by atoms with E-state index in [0.29, 0.717) is 5.75 Å². The molecule has 0 saturated carbocycles. The molecule has 32 heavy (non-hydrogen) atoms. The van der Waals surface area contributed by atoms with Gasteiger partial charge in [-0.2, -0.15) is 0 Å². The smallest absolute Gasteiger partial charge is 0.233 e. The molecule has 0 N–H and O–H groups in total. The van der Waals surface area contributed by atoms with E-state index in [-0.39, 0.29) is 5.91 Å². The molecular formula is C25H31N5OS. The van der Waals surface area contributed by atoms with Gasteiger partial charge in [0, 0.05) is 32.7 Å². The maximum atomic E-state index is 13.0. The highest BCUT2D eigenvalue weighted by atomic mass is 32.2. The molecule has 1 saturated heterocycles. The molecule has 6 nitrogen and oxygen atoms in total. The number of hydrogen-bond acceptors (Lipinski definition) is 5. The zero-order valence-electron chi connectivity index (χ0n) is 19.1. The molecule has 2 aromatic carbocycles. The Morgan fingerprint density at radius 1 is 0.969 bits per heavy atom. The molecule has 1 aromatic heterocycles. The third-order valence-corrected chi connectivity index (χ3v) is 6.83. The second kappa shape index (κ2) is 10.3. The van der Waals surface area contributed by atoms with Crippen molar-refractivity contribution in [3.05, 3.63) is 71.0 Å². The lowest BCUT2D eigenvalue weighted by Crippen LogP contribution is -2.36. The Labute approximate surface area is 194 Å². The van der Waals surface area contributed by atoms with Gasteiger partial charge in [0.15, 0.2) is 5.16 Å². The standard InChI is InChI=1S/C25H31N5OS/c1-19-10-11-20(2)23(16-19)30-21(3)26-27-25(30)32-18-24(31)29-13-7-12-28(14-15-29)17-22-8-5-4-6-9-22/h4-6,8-11,16H,7,12-15,17-18H2,1-3H3. The van der Waals surface area contributed by atoms with Crippen LogP contribution < -0.4 is 0 Å². The second-order valence-electron chi connectivity index (χ2n) is 8.44. The summed E-state index contributed by atoms with van der Waals surface area (Å²) in [5, 5.41) is 9.40. The minimum absolute atomic E-state index is 0.171. The number of hydrogen-bond donors (Lipinski definition) is 0. The molecule has 0 aliphatic carbocycles. The molecule has 0 radical (unpaired) electrons. The number of rotatable bonds is 6. The molecule has 0 atom stereocenters. The monoisotopic (exact) mass is 449 g/mol. The summed E-state index contributed by atoms with van der Waals surface area (Å²) in [6, 6.07) is 16.9. The Balaban J connectivity index is 1.37. The second-order valence-corrected chi connectivity index (χ2v) is 9.38. The van der Waals surface area contributed by atoms with Crippen LogP contribution in [-0.4, -0.2) is 62.4 Å². The number of aryl methyl sites for hydroxylation is 3. The van der Waals surface area contributed by atoms with Crippen LogP contribution in [0.3, 0.4) is 0 Å². The van der Waals surface area contributed by atoms with Crippen LogP contribution in [0, 0.1) is 20.8 Å². The van der Waals surface area contributed by atoms with E-state index in [1.165, 1.54) is 22.9 Å². The molecule has 3 aromatic rings. The number of amides is 1. The third kappa shape index (κ3) is 5.40. The van der Waals surface area contributed by atoms with Crippen molar-refractivity contribution in [1.29, 1.82) is 0 Å². The van der Waals surface area contributed by atoms with Gasteiger partial charge in [-0.3, -0.25) is 14.3 Å². The molecule has 1 amide bonds. The van der Waals surface area contributed by atoms with E-state index in [9.17, 15) is 4.79 Å². The predicted molar refractivity (Wildman–Crippen MR) is 129 cm³/mol. The van der Waals surface area contributed by atoms with Gasteiger partial charge in [-0.15, -0.1) is 10.2 Å². The average Bonchev–Trinajstić information content (AvgIpc) is 3.00. The van der Waals surface area contributed by atoms with Crippen LogP contribution in [0.25, 0.3) is 5.69 Å². The van der Waals surface area contributed by atoms with Crippen LogP contribution in [0.4, 0.5) is 0 Å². The maximum absolute atomic E-state index is 13.0. The summed E-state index contributed by atoms with van der Waals surface area (Å²) in [6.45, 7) is 10.6. The highest BCUT2D eigenvalue weighted by Gasteiger charge is 2.21. The van der Waals surface area contributed by atoms with Crippen LogP contribution in [0.2, 0.25) is 0 Å². The molecule has 4 rings (SSSR count). The Bertz CT molecular complexity index is 1070. The lowest BCUT2D eigenvalue weighted by molar-refractivity contribution is -0.128. The van der Waals surface area contributed by atoms with Crippen molar-refractivity contribution in [2.75, 3.05) is 31.9 Å². The van der Waals surface area contributed by atoms with Gasteiger partial charge in [0.1, 0.15) is 5.82 Å². The van der Waals surface area contributed by atoms with Crippen molar-refractivity contribution in [3.8, 4) is 5.69 Å². The first kappa shape index (κ1) is 22.6. The molecular weight excluding hydrogens is 418 g/mol. The largest absolute Gasteiger partial charge is 0.341 e. The van der Waals surface area contributed by atoms with Gasteiger partial charge >= 0.3 is 0 Å². The van der Waals surface area contributed by atoms with Gasteiger partial charge in [0.05, 0.1) is 11.4 Å². The molecule has 2 heterocycles. The fraction of sp³-hybridized carbons (Fsp3) is 0.400. The number of benzene rings is 2. The van der Waals surface area contributed by atoms with Crippen LogP contribution >= 0.6 is 11.8 Å². The van der Waals surface area contributed by atoms with E-state index in [1.807, 2.05) is 17.9 Å². The first-order valence-electron chi connectivity index (χ1n) is 11.2.